The van der Waals surface area contributed by atoms with Crippen LogP contribution in [0.4, 0.5) is 0 Å². The van der Waals surface area contributed by atoms with Gasteiger partial charge in [-0.25, -0.2) is 0 Å². The molecule has 2 amide bonds. The van der Waals surface area contributed by atoms with Gasteiger partial charge in [0.2, 0.25) is 5.91 Å². The Morgan fingerprint density at radius 3 is 2.59 bits per heavy atom. The standard InChI is InChI=1S/C28H28N4O2/c1-17-12-20(21-5-7-24-22(13-21)8-11-29-24)4-6-23(17)25-30-28(9-10-28)27(34)32(25)16-18-14-31(15-18)26(33)19-2-3-19/h4-8,11-13,18-19,29H,2-3,9-10,14-16H2,1H3. The molecule has 2 aromatic carbocycles. The van der Waals surface area contributed by atoms with E-state index in [1.165, 1.54) is 10.9 Å². The van der Waals surface area contributed by atoms with Crippen LogP contribution in [0.1, 0.15) is 36.8 Å². The fraction of sp³-hybridized carbons (Fsp3) is 0.393. The molecule has 6 heteroatoms. The molecule has 1 saturated heterocycles. The van der Waals surface area contributed by atoms with E-state index < -0.39 is 5.54 Å². The molecule has 0 radical (unpaired) electrons. The molecule has 6 nitrogen and oxygen atoms in total. The van der Waals surface area contributed by atoms with Crippen LogP contribution in [0.2, 0.25) is 0 Å². The number of aliphatic imine (C=N–C) groups is 1. The molecule has 0 unspecified atom stereocenters. The van der Waals surface area contributed by atoms with Gasteiger partial charge in [-0.1, -0.05) is 24.3 Å². The maximum absolute atomic E-state index is 13.3. The van der Waals surface area contributed by atoms with Crippen LogP contribution in [0.15, 0.2) is 53.7 Å². The number of aromatic nitrogens is 1. The second-order valence-electron chi connectivity index (χ2n) is 10.6. The molecule has 2 aliphatic heterocycles. The van der Waals surface area contributed by atoms with Crippen LogP contribution < -0.4 is 0 Å². The average molecular weight is 453 g/mol. The molecule has 7 rings (SSSR count). The van der Waals surface area contributed by atoms with Gasteiger partial charge in [-0.3, -0.25) is 19.5 Å². The summed E-state index contributed by atoms with van der Waals surface area (Å²) in [7, 11) is 0. The number of hydrogen-bond acceptors (Lipinski definition) is 3. The van der Waals surface area contributed by atoms with Crippen molar-refractivity contribution in [1.82, 2.24) is 14.8 Å². The minimum absolute atomic E-state index is 0.149. The van der Waals surface area contributed by atoms with E-state index in [9.17, 15) is 9.59 Å². The van der Waals surface area contributed by atoms with Gasteiger partial charge in [0.1, 0.15) is 11.4 Å². The molecule has 1 aromatic heterocycles. The van der Waals surface area contributed by atoms with Crippen molar-refractivity contribution in [2.75, 3.05) is 19.6 Å². The largest absolute Gasteiger partial charge is 0.361 e. The summed E-state index contributed by atoms with van der Waals surface area (Å²) in [5, 5.41) is 1.20. The van der Waals surface area contributed by atoms with Crippen LogP contribution in [0.25, 0.3) is 22.0 Å². The number of aromatic amines is 1. The second kappa shape index (κ2) is 7.05. The zero-order valence-electron chi connectivity index (χ0n) is 19.4. The normalized spacial score (nSPS) is 21.3. The molecule has 4 aliphatic rings. The van der Waals surface area contributed by atoms with Crippen LogP contribution in [0.3, 0.4) is 0 Å². The van der Waals surface area contributed by atoms with E-state index in [4.69, 9.17) is 4.99 Å². The highest BCUT2D eigenvalue weighted by atomic mass is 16.2. The highest BCUT2D eigenvalue weighted by Crippen LogP contribution is 2.46. The molecular formula is C28H28N4O2. The quantitative estimate of drug-likeness (QED) is 0.632. The van der Waals surface area contributed by atoms with Crippen molar-refractivity contribution in [3.8, 4) is 11.1 Å². The Morgan fingerprint density at radius 1 is 1.09 bits per heavy atom. The van der Waals surface area contributed by atoms with Gasteiger partial charge in [-0.15, -0.1) is 0 Å². The Balaban J connectivity index is 1.14. The van der Waals surface area contributed by atoms with Gasteiger partial charge >= 0.3 is 0 Å². The number of rotatable bonds is 5. The summed E-state index contributed by atoms with van der Waals surface area (Å²) >= 11 is 0. The van der Waals surface area contributed by atoms with Gasteiger partial charge in [0.05, 0.1) is 0 Å². The third-order valence-electron chi connectivity index (χ3n) is 7.93. The Hall–Kier alpha value is -3.41. The molecule has 0 atom stereocenters. The van der Waals surface area contributed by atoms with Crippen LogP contribution >= 0.6 is 0 Å². The van der Waals surface area contributed by atoms with E-state index in [-0.39, 0.29) is 11.8 Å². The molecule has 2 aliphatic carbocycles. The molecule has 34 heavy (non-hydrogen) atoms. The monoisotopic (exact) mass is 452 g/mol. The molecule has 3 heterocycles. The summed E-state index contributed by atoms with van der Waals surface area (Å²) in [4.78, 5) is 37.7. The number of nitrogens with zero attached hydrogens (tertiary/aromatic N) is 3. The summed E-state index contributed by atoms with van der Waals surface area (Å²) in [6.45, 7) is 4.28. The first-order valence-corrected chi connectivity index (χ1v) is 12.4. The van der Waals surface area contributed by atoms with E-state index >= 15 is 0 Å². The van der Waals surface area contributed by atoms with Gasteiger partial charge in [0.15, 0.2) is 0 Å². The fourth-order valence-corrected chi connectivity index (χ4v) is 5.52. The highest BCUT2D eigenvalue weighted by Gasteiger charge is 2.58. The molecule has 1 N–H and O–H groups in total. The molecular weight excluding hydrogens is 424 g/mol. The van der Waals surface area contributed by atoms with Crippen LogP contribution in [0, 0.1) is 18.8 Å². The molecule has 3 aromatic rings. The molecule has 1 spiro atoms. The van der Waals surface area contributed by atoms with Crippen molar-refractivity contribution in [3.05, 3.63) is 59.8 Å². The van der Waals surface area contributed by atoms with E-state index in [0.29, 0.717) is 18.4 Å². The van der Waals surface area contributed by atoms with Crippen molar-refractivity contribution < 1.29 is 9.59 Å². The van der Waals surface area contributed by atoms with E-state index in [1.807, 2.05) is 16.0 Å². The Bertz CT molecular complexity index is 1370. The molecule has 3 fully saturated rings. The third-order valence-corrected chi connectivity index (χ3v) is 7.93. The Labute approximate surface area is 198 Å². The lowest BCUT2D eigenvalue weighted by Crippen LogP contribution is -2.55. The lowest BCUT2D eigenvalue weighted by Gasteiger charge is -2.41. The van der Waals surface area contributed by atoms with E-state index in [1.54, 1.807) is 0 Å². The van der Waals surface area contributed by atoms with E-state index in [0.717, 1.165) is 66.8 Å². The zero-order valence-corrected chi connectivity index (χ0v) is 19.4. The lowest BCUT2D eigenvalue weighted by molar-refractivity contribution is -0.139. The van der Waals surface area contributed by atoms with Crippen molar-refractivity contribution in [2.24, 2.45) is 16.8 Å². The number of likely N-dealkylation sites (tertiary alicyclic amines) is 1. The number of carbonyl (C=O) groups excluding carboxylic acids is 2. The van der Waals surface area contributed by atoms with Crippen molar-refractivity contribution in [2.45, 2.75) is 38.1 Å². The van der Waals surface area contributed by atoms with Crippen LogP contribution in [0.5, 0.6) is 0 Å². The zero-order chi connectivity index (χ0) is 23.0. The van der Waals surface area contributed by atoms with Gasteiger partial charge in [-0.2, -0.15) is 0 Å². The average Bonchev–Trinajstić information content (AvgIpc) is 3.72. The predicted molar refractivity (Wildman–Crippen MR) is 131 cm³/mol. The van der Waals surface area contributed by atoms with E-state index in [2.05, 4.69) is 54.4 Å². The summed E-state index contributed by atoms with van der Waals surface area (Å²) in [5.41, 5.74) is 5.11. The summed E-state index contributed by atoms with van der Waals surface area (Å²) in [6, 6.07) is 15.0. The number of amidine groups is 1. The van der Waals surface area contributed by atoms with Crippen LogP contribution in [-0.2, 0) is 9.59 Å². The minimum atomic E-state index is -0.521. The topological polar surface area (TPSA) is 68.8 Å². The number of benzene rings is 2. The third kappa shape index (κ3) is 3.11. The first-order chi connectivity index (χ1) is 16.5. The smallest absolute Gasteiger partial charge is 0.256 e. The number of nitrogens with one attached hydrogen (secondary N) is 1. The van der Waals surface area contributed by atoms with Gasteiger partial charge in [-0.05, 0) is 72.9 Å². The first kappa shape index (κ1) is 20.0. The minimum Gasteiger partial charge on any atom is -0.361 e. The Morgan fingerprint density at radius 2 is 1.85 bits per heavy atom. The summed E-state index contributed by atoms with van der Waals surface area (Å²) in [6.07, 6.45) is 5.73. The van der Waals surface area contributed by atoms with Crippen molar-refractivity contribution in [3.63, 3.8) is 0 Å². The lowest BCUT2D eigenvalue weighted by atomic mass is 9.96. The molecule has 0 bridgehead atoms. The number of hydrogen-bond donors (Lipinski definition) is 1. The molecule has 2 saturated carbocycles. The number of H-pyrrole nitrogens is 1. The molecule has 172 valence electrons. The van der Waals surface area contributed by atoms with Gasteiger partial charge < -0.3 is 9.88 Å². The maximum Gasteiger partial charge on any atom is 0.256 e. The first-order valence-electron chi connectivity index (χ1n) is 12.4. The van der Waals surface area contributed by atoms with Crippen molar-refractivity contribution in [1.29, 1.82) is 0 Å². The maximum atomic E-state index is 13.3. The number of aryl methyl sites for hydroxylation is 1. The van der Waals surface area contributed by atoms with Crippen LogP contribution in [-0.4, -0.2) is 57.6 Å². The van der Waals surface area contributed by atoms with Gasteiger partial charge in [0.25, 0.3) is 5.91 Å². The fourth-order valence-electron chi connectivity index (χ4n) is 5.52. The van der Waals surface area contributed by atoms with Gasteiger partial charge in [0, 0.05) is 48.7 Å². The number of fused-ring (bicyclic) bond motifs is 1. The van der Waals surface area contributed by atoms with Crippen molar-refractivity contribution >= 4 is 28.6 Å². The predicted octanol–water partition coefficient (Wildman–Crippen LogP) is 4.13. The summed E-state index contributed by atoms with van der Waals surface area (Å²) < 4.78 is 0. The highest BCUT2D eigenvalue weighted by molar-refractivity contribution is 6.17. The number of carbonyl (C=O) groups is 2. The second-order valence-corrected chi connectivity index (χ2v) is 10.6. The number of amides is 2. The SMILES string of the molecule is Cc1cc(-c2ccc3[nH]ccc3c2)ccc1C1=NC2(CC2)C(=O)N1CC1CN(C(=O)C2CC2)C1. The Kier molecular flexibility index (Phi) is 4.15. The summed E-state index contributed by atoms with van der Waals surface area (Å²) in [5.74, 6) is 1.87.